The molecule has 0 amide bonds. The average Bonchev–Trinajstić information content (AvgIpc) is 2.52. The summed E-state index contributed by atoms with van der Waals surface area (Å²) in [7, 11) is 0. The number of alkyl halides is 3. The van der Waals surface area contributed by atoms with E-state index in [-0.39, 0.29) is 36.4 Å². The number of nitrogens with two attached hydrogens (primary N) is 2. The molecule has 1 saturated heterocycles. The molecule has 140 valence electrons. The number of nitrogens with zero attached hydrogens (tertiary/aromatic N) is 3. The van der Waals surface area contributed by atoms with Crippen LogP contribution in [0.3, 0.4) is 0 Å². The number of benzene rings is 1. The molecular weight excluding hydrogens is 362 g/mol. The smallest absolute Gasteiger partial charge is 0.369 e. The van der Waals surface area contributed by atoms with Crippen molar-refractivity contribution in [2.75, 3.05) is 13.1 Å². The molecule has 0 saturated carbocycles. The quantitative estimate of drug-likeness (QED) is 0.469. The monoisotopic (exact) mass is 381 g/mol. The van der Waals surface area contributed by atoms with Crippen LogP contribution in [0.2, 0.25) is 0 Å². The molecule has 4 N–H and O–H groups in total. The zero-order chi connectivity index (χ0) is 17.7. The fourth-order valence-corrected chi connectivity index (χ4v) is 2.41. The summed E-state index contributed by atoms with van der Waals surface area (Å²) in [6.07, 6.45) is -1.53. The van der Waals surface area contributed by atoms with Gasteiger partial charge in [-0.1, -0.05) is 6.07 Å². The topological polar surface area (TPSA) is 80.0 Å². The highest BCUT2D eigenvalue weighted by molar-refractivity contribution is 5.93. The van der Waals surface area contributed by atoms with Gasteiger partial charge in [-0.25, -0.2) is 9.38 Å². The molecule has 0 radical (unpaired) electrons. The maximum Gasteiger partial charge on any atom is 0.419 e. The lowest BCUT2D eigenvalue weighted by Crippen LogP contribution is -2.41. The van der Waals surface area contributed by atoms with Crippen molar-refractivity contribution < 1.29 is 17.6 Å². The number of rotatable bonds is 2. The van der Waals surface area contributed by atoms with Crippen LogP contribution in [0, 0.1) is 5.82 Å². The van der Waals surface area contributed by atoms with Gasteiger partial charge < -0.3 is 16.4 Å². The molecular formula is C15H20ClF4N5. The molecule has 0 unspecified atom stereocenters. The molecule has 1 aromatic rings. The number of guanidine groups is 2. The molecule has 1 fully saturated rings. The van der Waals surface area contributed by atoms with Crippen molar-refractivity contribution >= 4 is 24.3 Å². The summed E-state index contributed by atoms with van der Waals surface area (Å²) in [6, 6.07) is 2.62. The van der Waals surface area contributed by atoms with Crippen LogP contribution in [0.25, 0.3) is 0 Å². The third-order valence-corrected chi connectivity index (χ3v) is 3.67. The van der Waals surface area contributed by atoms with Gasteiger partial charge in [-0.15, -0.1) is 12.4 Å². The third kappa shape index (κ3) is 6.08. The zero-order valence-electron chi connectivity index (χ0n) is 13.4. The van der Waals surface area contributed by atoms with Crippen LogP contribution in [0.15, 0.2) is 28.2 Å². The van der Waals surface area contributed by atoms with Gasteiger partial charge in [-0.05, 0) is 37.0 Å². The molecule has 0 aliphatic carbocycles. The van der Waals surface area contributed by atoms with Gasteiger partial charge in [0, 0.05) is 13.1 Å². The highest BCUT2D eigenvalue weighted by atomic mass is 35.5. The first-order chi connectivity index (χ1) is 11.3. The maximum atomic E-state index is 13.5. The third-order valence-electron chi connectivity index (χ3n) is 3.67. The molecule has 0 spiro atoms. The summed E-state index contributed by atoms with van der Waals surface area (Å²) in [4.78, 5) is 9.78. The molecule has 10 heteroatoms. The van der Waals surface area contributed by atoms with Crippen molar-refractivity contribution in [1.82, 2.24) is 4.90 Å². The summed E-state index contributed by atoms with van der Waals surface area (Å²) in [6.45, 7) is 1.51. The molecule has 25 heavy (non-hydrogen) atoms. The molecule has 1 heterocycles. The van der Waals surface area contributed by atoms with Gasteiger partial charge in [-0.2, -0.15) is 18.2 Å². The second-order valence-electron chi connectivity index (χ2n) is 5.50. The van der Waals surface area contributed by atoms with Crippen molar-refractivity contribution in [3.8, 4) is 0 Å². The van der Waals surface area contributed by atoms with E-state index in [9.17, 15) is 17.6 Å². The first-order valence-electron chi connectivity index (χ1n) is 7.52. The van der Waals surface area contributed by atoms with Gasteiger partial charge in [0.05, 0.1) is 12.1 Å². The summed E-state index contributed by atoms with van der Waals surface area (Å²) < 4.78 is 50.9. The van der Waals surface area contributed by atoms with Crippen LogP contribution in [0.4, 0.5) is 17.6 Å². The number of halogens is 5. The van der Waals surface area contributed by atoms with Gasteiger partial charge in [0.15, 0.2) is 5.96 Å². The van der Waals surface area contributed by atoms with Gasteiger partial charge in [0.2, 0.25) is 5.96 Å². The molecule has 1 aliphatic heterocycles. The Hall–Kier alpha value is -2.03. The summed E-state index contributed by atoms with van der Waals surface area (Å²) in [5.41, 5.74) is 10.4. The predicted octanol–water partition coefficient (Wildman–Crippen LogP) is 2.88. The van der Waals surface area contributed by atoms with E-state index in [2.05, 4.69) is 9.98 Å². The highest BCUT2D eigenvalue weighted by Crippen LogP contribution is 2.31. The Morgan fingerprint density at radius 1 is 1.12 bits per heavy atom. The summed E-state index contributed by atoms with van der Waals surface area (Å²) in [5.74, 6) is -1.18. The molecule has 2 rings (SSSR count). The Labute approximate surface area is 149 Å². The fraction of sp³-hybridized carbons (Fsp3) is 0.467. The van der Waals surface area contributed by atoms with Crippen LogP contribution in [0.1, 0.15) is 30.4 Å². The van der Waals surface area contributed by atoms with Crippen molar-refractivity contribution in [1.29, 1.82) is 0 Å². The number of piperidine rings is 1. The number of hydrogen-bond acceptors (Lipinski definition) is 1. The average molecular weight is 382 g/mol. The zero-order valence-corrected chi connectivity index (χ0v) is 14.2. The second kappa shape index (κ2) is 8.89. The molecule has 1 aliphatic rings. The number of likely N-dealkylation sites (tertiary alicyclic amines) is 1. The Balaban J connectivity index is 0.00000312. The standard InChI is InChI=1S/C15H19F4N5.ClH/c16-12-8-10(4-5-11(12)15(17,18)19)9-22-13(20)23-14(21)24-6-2-1-3-7-24;/h4-5,8H,1-3,6-7,9H2,(H4,20,21,22,23);1H. The lowest BCUT2D eigenvalue weighted by molar-refractivity contribution is -0.140. The molecule has 1 aromatic carbocycles. The fourth-order valence-electron chi connectivity index (χ4n) is 2.41. The number of hydrogen-bond donors (Lipinski definition) is 2. The largest absolute Gasteiger partial charge is 0.419 e. The Bertz CT molecular complexity index is 639. The lowest BCUT2D eigenvalue weighted by Gasteiger charge is -2.27. The minimum absolute atomic E-state index is 0. The van der Waals surface area contributed by atoms with E-state index in [1.165, 1.54) is 0 Å². The number of aliphatic imine (C=N–C) groups is 2. The van der Waals surface area contributed by atoms with Crippen LogP contribution in [-0.2, 0) is 12.7 Å². The van der Waals surface area contributed by atoms with E-state index < -0.39 is 17.6 Å². The Morgan fingerprint density at radius 2 is 1.76 bits per heavy atom. The molecule has 0 atom stereocenters. The van der Waals surface area contributed by atoms with Crippen LogP contribution in [-0.4, -0.2) is 29.9 Å². The van der Waals surface area contributed by atoms with E-state index in [0.29, 0.717) is 6.07 Å². The van der Waals surface area contributed by atoms with E-state index in [4.69, 9.17) is 11.5 Å². The van der Waals surface area contributed by atoms with Gasteiger partial charge in [0.25, 0.3) is 0 Å². The first-order valence-corrected chi connectivity index (χ1v) is 7.52. The minimum Gasteiger partial charge on any atom is -0.369 e. The van der Waals surface area contributed by atoms with Crippen LogP contribution >= 0.6 is 12.4 Å². The van der Waals surface area contributed by atoms with Gasteiger partial charge >= 0.3 is 6.18 Å². The van der Waals surface area contributed by atoms with Crippen molar-refractivity contribution in [3.63, 3.8) is 0 Å². The van der Waals surface area contributed by atoms with Gasteiger partial charge in [-0.3, -0.25) is 0 Å². The van der Waals surface area contributed by atoms with Gasteiger partial charge in [0.1, 0.15) is 5.82 Å². The molecule has 5 nitrogen and oxygen atoms in total. The predicted molar refractivity (Wildman–Crippen MR) is 91.0 cm³/mol. The summed E-state index contributed by atoms with van der Waals surface area (Å²) in [5, 5.41) is 0. The van der Waals surface area contributed by atoms with Crippen molar-refractivity contribution in [2.45, 2.75) is 32.0 Å². The lowest BCUT2D eigenvalue weighted by atomic mass is 10.1. The Morgan fingerprint density at radius 3 is 2.32 bits per heavy atom. The first kappa shape index (κ1) is 21.0. The Kier molecular flexibility index (Phi) is 7.47. The SMILES string of the molecule is Cl.NC(=NCc1ccc(C(F)(F)F)c(F)c1)/N=C(\N)N1CCCCC1. The molecule has 0 bridgehead atoms. The van der Waals surface area contributed by atoms with E-state index in [0.717, 1.165) is 44.5 Å². The normalized spacial score (nSPS) is 16.6. The van der Waals surface area contributed by atoms with Crippen molar-refractivity contribution in [3.05, 3.63) is 35.1 Å². The minimum atomic E-state index is -4.72. The second-order valence-corrected chi connectivity index (χ2v) is 5.50. The maximum absolute atomic E-state index is 13.5. The van der Waals surface area contributed by atoms with Crippen molar-refractivity contribution in [2.24, 2.45) is 21.5 Å². The van der Waals surface area contributed by atoms with E-state index >= 15 is 0 Å². The summed E-state index contributed by atoms with van der Waals surface area (Å²) >= 11 is 0. The highest BCUT2D eigenvalue weighted by Gasteiger charge is 2.33. The van der Waals surface area contributed by atoms with Crippen LogP contribution < -0.4 is 11.5 Å². The van der Waals surface area contributed by atoms with E-state index in [1.54, 1.807) is 0 Å². The van der Waals surface area contributed by atoms with E-state index in [1.807, 2.05) is 4.90 Å². The molecule has 0 aromatic heterocycles. The van der Waals surface area contributed by atoms with Crippen LogP contribution in [0.5, 0.6) is 0 Å².